The van der Waals surface area contributed by atoms with Gasteiger partial charge in [-0.2, -0.15) is 0 Å². The first-order chi connectivity index (χ1) is 10.2. The molecule has 0 saturated carbocycles. The summed E-state index contributed by atoms with van der Waals surface area (Å²) in [6.45, 7) is 2.25. The lowest BCUT2D eigenvalue weighted by Crippen LogP contribution is -2.34. The summed E-state index contributed by atoms with van der Waals surface area (Å²) in [6, 6.07) is 0. The molecule has 0 spiro atoms. The molecule has 3 nitrogen and oxygen atoms in total. The molecule has 0 aromatic heterocycles. The molecule has 1 aliphatic heterocycles. The number of carbonyl (C=O) groups excluding carboxylic acids is 1. The van der Waals surface area contributed by atoms with Crippen molar-refractivity contribution in [3.63, 3.8) is 0 Å². The van der Waals surface area contributed by atoms with Gasteiger partial charge in [0.25, 0.3) is 0 Å². The van der Waals surface area contributed by atoms with Crippen molar-refractivity contribution >= 4 is 5.97 Å². The number of carbonyl (C=O) groups is 1. The summed E-state index contributed by atoms with van der Waals surface area (Å²) in [5, 5.41) is 10.0. The van der Waals surface area contributed by atoms with E-state index in [0.29, 0.717) is 6.42 Å². The highest BCUT2D eigenvalue weighted by atomic mass is 16.6. The van der Waals surface area contributed by atoms with Gasteiger partial charge in [-0.3, -0.25) is 4.79 Å². The molecule has 21 heavy (non-hydrogen) atoms. The van der Waals surface area contributed by atoms with Crippen molar-refractivity contribution in [3.8, 4) is 0 Å². The average Bonchev–Trinajstić information content (AvgIpc) is 2.49. The van der Waals surface area contributed by atoms with Crippen molar-refractivity contribution < 1.29 is 14.6 Å². The van der Waals surface area contributed by atoms with Crippen LogP contribution in [0.1, 0.15) is 96.8 Å². The smallest absolute Gasteiger partial charge is 0.306 e. The molecule has 1 N–H and O–H groups in total. The zero-order valence-electron chi connectivity index (χ0n) is 13.8. The summed E-state index contributed by atoms with van der Waals surface area (Å²) in [4.78, 5) is 11.2. The lowest BCUT2D eigenvalue weighted by Gasteiger charge is -2.26. The van der Waals surface area contributed by atoms with Crippen LogP contribution in [0.15, 0.2) is 0 Å². The molecule has 2 unspecified atom stereocenters. The molecular formula is C18H34O3. The highest BCUT2D eigenvalue weighted by molar-refractivity contribution is 5.70. The summed E-state index contributed by atoms with van der Waals surface area (Å²) < 4.78 is 5.20. The van der Waals surface area contributed by atoms with E-state index >= 15 is 0 Å². The molecule has 2 atom stereocenters. The van der Waals surface area contributed by atoms with E-state index < -0.39 is 6.10 Å². The summed E-state index contributed by atoms with van der Waals surface area (Å²) in [5.41, 5.74) is 0. The van der Waals surface area contributed by atoms with Gasteiger partial charge in [0.15, 0.2) is 0 Å². The molecule has 0 aromatic rings. The Morgan fingerprint density at radius 3 is 2.19 bits per heavy atom. The molecule has 0 bridgehead atoms. The quantitative estimate of drug-likeness (QED) is 0.417. The molecule has 1 fully saturated rings. The number of esters is 1. The number of unbranched alkanes of at least 4 members (excludes halogenated alkanes) is 9. The number of aliphatic hydroxyl groups excluding tert-OH is 1. The Balaban J connectivity index is 1.88. The molecular weight excluding hydrogens is 264 g/mol. The fourth-order valence-corrected chi connectivity index (χ4v) is 3.03. The second-order valence-electron chi connectivity index (χ2n) is 6.46. The zero-order chi connectivity index (χ0) is 15.3. The van der Waals surface area contributed by atoms with Crippen LogP contribution in [0.5, 0.6) is 0 Å². The first-order valence-corrected chi connectivity index (χ1v) is 9.11. The Morgan fingerprint density at radius 1 is 1.05 bits per heavy atom. The SMILES string of the molecule is CCCCCCCCCCCCC(O)C1CCCC(=O)O1. The van der Waals surface area contributed by atoms with Gasteiger partial charge in [0.1, 0.15) is 6.10 Å². The third-order valence-corrected chi connectivity index (χ3v) is 4.43. The Bertz CT molecular complexity index is 265. The number of ether oxygens (including phenoxy) is 1. The van der Waals surface area contributed by atoms with Crippen molar-refractivity contribution in [1.82, 2.24) is 0 Å². The molecule has 0 radical (unpaired) electrons. The standard InChI is InChI=1S/C18H34O3/c1-2-3-4-5-6-7-8-9-10-11-13-16(19)17-14-12-15-18(20)21-17/h16-17,19H,2-15H2,1H3. The molecule has 1 rings (SSSR count). The van der Waals surface area contributed by atoms with Gasteiger partial charge in [0, 0.05) is 6.42 Å². The Kier molecular flexibility index (Phi) is 10.6. The number of rotatable bonds is 12. The van der Waals surface area contributed by atoms with Crippen LogP contribution in [0.25, 0.3) is 0 Å². The first-order valence-electron chi connectivity index (χ1n) is 9.11. The zero-order valence-corrected chi connectivity index (χ0v) is 13.8. The van der Waals surface area contributed by atoms with E-state index in [1.165, 1.54) is 57.8 Å². The minimum absolute atomic E-state index is 0.145. The third kappa shape index (κ3) is 9.13. The van der Waals surface area contributed by atoms with Crippen LogP contribution in [0.3, 0.4) is 0 Å². The van der Waals surface area contributed by atoms with Crippen molar-refractivity contribution in [2.75, 3.05) is 0 Å². The van der Waals surface area contributed by atoms with Crippen molar-refractivity contribution in [2.24, 2.45) is 0 Å². The second kappa shape index (κ2) is 12.0. The van der Waals surface area contributed by atoms with Gasteiger partial charge < -0.3 is 9.84 Å². The van der Waals surface area contributed by atoms with Crippen LogP contribution >= 0.6 is 0 Å². The predicted molar refractivity (Wildman–Crippen MR) is 86.2 cm³/mol. The fraction of sp³-hybridized carbons (Fsp3) is 0.944. The topological polar surface area (TPSA) is 46.5 Å². The number of hydrogen-bond acceptors (Lipinski definition) is 3. The maximum atomic E-state index is 11.2. The van der Waals surface area contributed by atoms with Gasteiger partial charge in [-0.1, -0.05) is 71.1 Å². The summed E-state index contributed by atoms with van der Waals surface area (Å²) >= 11 is 0. The summed E-state index contributed by atoms with van der Waals surface area (Å²) in [7, 11) is 0. The highest BCUT2D eigenvalue weighted by Gasteiger charge is 2.26. The molecule has 124 valence electrons. The average molecular weight is 298 g/mol. The lowest BCUT2D eigenvalue weighted by atomic mass is 9.98. The monoisotopic (exact) mass is 298 g/mol. The Labute approximate surface area is 130 Å². The number of cyclic esters (lactones) is 1. The van der Waals surface area contributed by atoms with E-state index in [9.17, 15) is 9.90 Å². The molecule has 0 amide bonds. The van der Waals surface area contributed by atoms with Crippen LogP contribution in [0, 0.1) is 0 Å². The normalized spacial score (nSPS) is 20.3. The van der Waals surface area contributed by atoms with Crippen molar-refractivity contribution in [3.05, 3.63) is 0 Å². The highest BCUT2D eigenvalue weighted by Crippen LogP contribution is 2.20. The van der Waals surface area contributed by atoms with Gasteiger partial charge in [-0.15, -0.1) is 0 Å². The van der Waals surface area contributed by atoms with Crippen LogP contribution in [-0.4, -0.2) is 23.3 Å². The predicted octanol–water partition coefficient (Wildman–Crippen LogP) is 4.75. The molecule has 1 heterocycles. The van der Waals surface area contributed by atoms with E-state index in [4.69, 9.17) is 4.74 Å². The van der Waals surface area contributed by atoms with Gasteiger partial charge in [-0.25, -0.2) is 0 Å². The summed E-state index contributed by atoms with van der Waals surface area (Å²) in [5.74, 6) is -0.145. The van der Waals surface area contributed by atoms with Gasteiger partial charge >= 0.3 is 5.97 Å². The maximum Gasteiger partial charge on any atom is 0.306 e. The molecule has 0 aliphatic carbocycles. The van der Waals surface area contributed by atoms with E-state index in [1.54, 1.807) is 0 Å². The number of hydrogen-bond donors (Lipinski definition) is 1. The second-order valence-corrected chi connectivity index (χ2v) is 6.46. The van der Waals surface area contributed by atoms with E-state index in [-0.39, 0.29) is 12.1 Å². The Morgan fingerprint density at radius 2 is 1.62 bits per heavy atom. The van der Waals surface area contributed by atoms with Gasteiger partial charge in [-0.05, 0) is 19.3 Å². The van der Waals surface area contributed by atoms with E-state index in [2.05, 4.69) is 6.92 Å². The van der Waals surface area contributed by atoms with E-state index in [1.807, 2.05) is 0 Å². The fourth-order valence-electron chi connectivity index (χ4n) is 3.03. The minimum Gasteiger partial charge on any atom is -0.460 e. The molecule has 0 aromatic carbocycles. The van der Waals surface area contributed by atoms with Crippen molar-refractivity contribution in [2.45, 2.75) is 109 Å². The lowest BCUT2D eigenvalue weighted by molar-refractivity contribution is -0.161. The van der Waals surface area contributed by atoms with Crippen LogP contribution in [-0.2, 0) is 9.53 Å². The van der Waals surface area contributed by atoms with Crippen LogP contribution in [0.4, 0.5) is 0 Å². The number of aliphatic hydroxyl groups is 1. The molecule has 1 saturated heterocycles. The van der Waals surface area contributed by atoms with Crippen LogP contribution in [0.2, 0.25) is 0 Å². The Hall–Kier alpha value is -0.570. The first kappa shape index (κ1) is 18.5. The van der Waals surface area contributed by atoms with Gasteiger partial charge in [0.05, 0.1) is 6.10 Å². The third-order valence-electron chi connectivity index (χ3n) is 4.43. The molecule has 1 aliphatic rings. The van der Waals surface area contributed by atoms with E-state index in [0.717, 1.165) is 25.7 Å². The molecule has 3 heteroatoms. The largest absolute Gasteiger partial charge is 0.460 e. The van der Waals surface area contributed by atoms with Crippen molar-refractivity contribution in [1.29, 1.82) is 0 Å². The van der Waals surface area contributed by atoms with Gasteiger partial charge in [0.2, 0.25) is 0 Å². The minimum atomic E-state index is -0.455. The van der Waals surface area contributed by atoms with Crippen LogP contribution < -0.4 is 0 Å². The summed E-state index contributed by atoms with van der Waals surface area (Å²) in [6.07, 6.45) is 15.3. The maximum absolute atomic E-state index is 11.2.